The van der Waals surface area contributed by atoms with Crippen LogP contribution >= 0.6 is 11.6 Å². The molecule has 0 aromatic heterocycles. The van der Waals surface area contributed by atoms with Crippen LogP contribution in [0.2, 0.25) is 5.02 Å². The van der Waals surface area contributed by atoms with Crippen LogP contribution in [0.1, 0.15) is 35.7 Å². The largest absolute Gasteiger partial charge is 0.468 e. The number of halogens is 1. The Morgan fingerprint density at radius 1 is 1.12 bits per heavy atom. The predicted molar refractivity (Wildman–Crippen MR) is 121 cm³/mol. The van der Waals surface area contributed by atoms with Crippen molar-refractivity contribution in [2.75, 3.05) is 25.1 Å². The summed E-state index contributed by atoms with van der Waals surface area (Å²) in [6, 6.07) is 13.8. The molecule has 1 fully saturated rings. The van der Waals surface area contributed by atoms with Gasteiger partial charge in [-0.15, -0.1) is 0 Å². The maximum absolute atomic E-state index is 13.4. The van der Waals surface area contributed by atoms with Crippen molar-refractivity contribution in [3.8, 4) is 0 Å². The Bertz CT molecular complexity index is 1120. The van der Waals surface area contributed by atoms with Crippen molar-refractivity contribution in [2.24, 2.45) is 0 Å². The van der Waals surface area contributed by atoms with Gasteiger partial charge < -0.3 is 14.5 Å². The highest BCUT2D eigenvalue weighted by atomic mass is 35.5. The number of amides is 3. The van der Waals surface area contributed by atoms with Crippen molar-refractivity contribution in [3.63, 3.8) is 0 Å². The minimum Gasteiger partial charge on any atom is -0.468 e. The number of hydrogen-bond donors (Lipinski definition) is 0. The lowest BCUT2D eigenvalue weighted by Crippen LogP contribution is -2.64. The zero-order valence-electron chi connectivity index (χ0n) is 18.4. The summed E-state index contributed by atoms with van der Waals surface area (Å²) in [5, 5.41) is 0.557. The number of methoxy groups -OCH3 is 1. The molecule has 1 unspecified atom stereocenters. The summed E-state index contributed by atoms with van der Waals surface area (Å²) in [5.74, 6) is -1.42. The van der Waals surface area contributed by atoms with E-state index in [1.54, 1.807) is 60.4 Å². The molecule has 0 N–H and O–H groups in total. The highest BCUT2D eigenvalue weighted by molar-refractivity contribution is 6.30. The van der Waals surface area contributed by atoms with Gasteiger partial charge in [-0.3, -0.25) is 24.1 Å². The molecule has 2 aliphatic rings. The molecule has 1 saturated heterocycles. The fourth-order valence-corrected chi connectivity index (χ4v) is 4.57. The monoisotopic (exact) mass is 469 g/mol. The first kappa shape index (κ1) is 22.8. The first-order valence-corrected chi connectivity index (χ1v) is 11.0. The van der Waals surface area contributed by atoms with Crippen LogP contribution in [0.25, 0.3) is 0 Å². The van der Waals surface area contributed by atoms with E-state index in [0.717, 1.165) is 5.56 Å². The first-order valence-electron chi connectivity index (χ1n) is 10.6. The van der Waals surface area contributed by atoms with E-state index in [4.69, 9.17) is 16.3 Å². The number of ether oxygens (including phenoxy) is 1. The number of anilines is 1. The fraction of sp³-hybridized carbons (Fsp3) is 0.333. The summed E-state index contributed by atoms with van der Waals surface area (Å²) in [5.41, 5.74) is 0.741. The van der Waals surface area contributed by atoms with Crippen LogP contribution in [0.4, 0.5) is 5.69 Å². The summed E-state index contributed by atoms with van der Waals surface area (Å²) < 4.78 is 4.76. The quantitative estimate of drug-likeness (QED) is 0.607. The SMILES string of the molecule is COC(=O)CN(Cc1ccc(Cl)cc1)C(=O)CN1C(=O)c2ccccc2N2C(=O)CCC12C. The van der Waals surface area contributed by atoms with E-state index in [2.05, 4.69) is 0 Å². The Labute approximate surface area is 196 Å². The second kappa shape index (κ2) is 8.86. The average molecular weight is 470 g/mol. The van der Waals surface area contributed by atoms with E-state index < -0.39 is 17.5 Å². The third-order valence-electron chi connectivity index (χ3n) is 6.23. The van der Waals surface area contributed by atoms with Crippen LogP contribution in [0.5, 0.6) is 0 Å². The Morgan fingerprint density at radius 3 is 2.52 bits per heavy atom. The molecule has 2 aromatic carbocycles. The molecule has 0 bridgehead atoms. The molecule has 1 atom stereocenters. The van der Waals surface area contributed by atoms with Gasteiger partial charge in [0.2, 0.25) is 11.8 Å². The average Bonchev–Trinajstić information content (AvgIpc) is 3.12. The third kappa shape index (κ3) is 4.18. The van der Waals surface area contributed by atoms with E-state index in [-0.39, 0.29) is 37.9 Å². The van der Waals surface area contributed by atoms with Crippen LogP contribution in [0.15, 0.2) is 48.5 Å². The fourth-order valence-electron chi connectivity index (χ4n) is 4.44. The molecule has 0 spiro atoms. The van der Waals surface area contributed by atoms with Gasteiger partial charge in [0, 0.05) is 18.0 Å². The highest BCUT2D eigenvalue weighted by Gasteiger charge is 2.53. The van der Waals surface area contributed by atoms with Crippen LogP contribution in [0, 0.1) is 0 Å². The number of hydrogen-bond acceptors (Lipinski definition) is 5. The predicted octanol–water partition coefficient (Wildman–Crippen LogP) is 2.84. The molecule has 2 aromatic rings. The summed E-state index contributed by atoms with van der Waals surface area (Å²) in [7, 11) is 1.25. The smallest absolute Gasteiger partial charge is 0.325 e. The molecule has 0 saturated carbocycles. The van der Waals surface area contributed by atoms with Gasteiger partial charge in [0.15, 0.2) is 0 Å². The number of rotatable bonds is 6. The maximum Gasteiger partial charge on any atom is 0.325 e. The van der Waals surface area contributed by atoms with Gasteiger partial charge in [0.05, 0.1) is 18.4 Å². The zero-order chi connectivity index (χ0) is 23.8. The van der Waals surface area contributed by atoms with E-state index in [1.807, 2.05) is 0 Å². The van der Waals surface area contributed by atoms with Crippen molar-refractivity contribution in [1.82, 2.24) is 9.80 Å². The lowest BCUT2D eigenvalue weighted by Gasteiger charge is -2.48. The Morgan fingerprint density at radius 2 is 1.82 bits per heavy atom. The lowest BCUT2D eigenvalue weighted by molar-refractivity contribution is -0.148. The van der Waals surface area contributed by atoms with Crippen LogP contribution in [-0.4, -0.2) is 59.4 Å². The normalized spacial score (nSPS) is 19.2. The van der Waals surface area contributed by atoms with Gasteiger partial charge >= 0.3 is 5.97 Å². The number of benzene rings is 2. The third-order valence-corrected chi connectivity index (χ3v) is 6.48. The standard InChI is InChI=1S/C24H24ClN3O5/c1-24-12-11-20(29)28(24)19-6-4-3-5-18(19)23(32)27(24)14-21(30)26(15-22(31)33-2)13-16-7-9-17(25)10-8-16/h3-10H,11-15H2,1-2H3. The molecule has 0 radical (unpaired) electrons. The van der Waals surface area contributed by atoms with Crippen molar-refractivity contribution in [3.05, 3.63) is 64.7 Å². The van der Waals surface area contributed by atoms with E-state index in [0.29, 0.717) is 22.7 Å². The second-order valence-electron chi connectivity index (χ2n) is 8.31. The Balaban J connectivity index is 1.64. The van der Waals surface area contributed by atoms with Crippen molar-refractivity contribution in [2.45, 2.75) is 32.0 Å². The number of carbonyl (C=O) groups is 4. The minimum absolute atomic E-state index is 0.0949. The van der Waals surface area contributed by atoms with Gasteiger partial charge in [-0.05, 0) is 43.2 Å². The molecule has 2 heterocycles. The topological polar surface area (TPSA) is 87.2 Å². The number of esters is 1. The summed E-state index contributed by atoms with van der Waals surface area (Å²) in [6.45, 7) is 1.39. The first-order chi connectivity index (χ1) is 15.7. The molecular formula is C24H24ClN3O5. The molecule has 33 heavy (non-hydrogen) atoms. The molecule has 172 valence electrons. The maximum atomic E-state index is 13.4. The Kier molecular flexibility index (Phi) is 6.12. The van der Waals surface area contributed by atoms with Gasteiger partial charge in [-0.1, -0.05) is 35.9 Å². The van der Waals surface area contributed by atoms with Crippen molar-refractivity contribution >= 4 is 41.0 Å². The van der Waals surface area contributed by atoms with E-state index in [9.17, 15) is 19.2 Å². The summed E-state index contributed by atoms with van der Waals surface area (Å²) in [6.07, 6.45) is 0.687. The van der Waals surface area contributed by atoms with E-state index in [1.165, 1.54) is 16.9 Å². The molecule has 2 aliphatic heterocycles. The van der Waals surface area contributed by atoms with Gasteiger partial charge in [0.1, 0.15) is 18.8 Å². The van der Waals surface area contributed by atoms with Gasteiger partial charge in [0.25, 0.3) is 5.91 Å². The van der Waals surface area contributed by atoms with Crippen LogP contribution in [0.3, 0.4) is 0 Å². The summed E-state index contributed by atoms with van der Waals surface area (Å²) in [4.78, 5) is 55.9. The molecule has 9 heteroatoms. The number of fused-ring (bicyclic) bond motifs is 3. The molecule has 3 amide bonds. The molecular weight excluding hydrogens is 446 g/mol. The highest BCUT2D eigenvalue weighted by Crippen LogP contribution is 2.43. The minimum atomic E-state index is -0.963. The molecule has 0 aliphatic carbocycles. The second-order valence-corrected chi connectivity index (χ2v) is 8.74. The number of nitrogens with zero attached hydrogens (tertiary/aromatic N) is 3. The number of carbonyl (C=O) groups excluding carboxylic acids is 4. The lowest BCUT2D eigenvalue weighted by atomic mass is 9.98. The molecule has 8 nitrogen and oxygen atoms in total. The summed E-state index contributed by atoms with van der Waals surface area (Å²) >= 11 is 5.95. The van der Waals surface area contributed by atoms with Crippen LogP contribution in [-0.2, 0) is 25.7 Å². The zero-order valence-corrected chi connectivity index (χ0v) is 19.2. The van der Waals surface area contributed by atoms with E-state index >= 15 is 0 Å². The van der Waals surface area contributed by atoms with Gasteiger partial charge in [-0.25, -0.2) is 0 Å². The van der Waals surface area contributed by atoms with Crippen molar-refractivity contribution < 1.29 is 23.9 Å². The number of para-hydroxylation sites is 1. The van der Waals surface area contributed by atoms with Gasteiger partial charge in [-0.2, -0.15) is 0 Å². The van der Waals surface area contributed by atoms with Crippen LogP contribution < -0.4 is 4.90 Å². The van der Waals surface area contributed by atoms with Crippen molar-refractivity contribution in [1.29, 1.82) is 0 Å². The molecule has 4 rings (SSSR count). The Hall–Kier alpha value is -3.39.